The van der Waals surface area contributed by atoms with Gasteiger partial charge in [0.15, 0.2) is 5.82 Å². The summed E-state index contributed by atoms with van der Waals surface area (Å²) in [4.78, 5) is 12.1. The van der Waals surface area contributed by atoms with Crippen LogP contribution in [0.3, 0.4) is 0 Å². The zero-order chi connectivity index (χ0) is 14.8. The van der Waals surface area contributed by atoms with Gasteiger partial charge in [0.25, 0.3) is 0 Å². The number of hydrogen-bond donors (Lipinski definition) is 2. The summed E-state index contributed by atoms with van der Waals surface area (Å²) >= 11 is 0. The number of aromatic nitrogens is 3. The maximum absolute atomic E-state index is 12.1. The minimum atomic E-state index is -0.111. The van der Waals surface area contributed by atoms with Gasteiger partial charge in [-0.3, -0.25) is 9.89 Å². The lowest BCUT2D eigenvalue weighted by Crippen LogP contribution is -2.15. The second kappa shape index (κ2) is 5.71. The molecule has 3 rings (SSSR count). The van der Waals surface area contributed by atoms with E-state index in [9.17, 15) is 4.79 Å². The smallest absolute Gasteiger partial charge is 0.230 e. The van der Waals surface area contributed by atoms with Crippen LogP contribution in [0.25, 0.3) is 0 Å². The molecule has 1 aliphatic carbocycles. The van der Waals surface area contributed by atoms with Crippen molar-refractivity contribution in [2.45, 2.75) is 45.4 Å². The molecule has 2 N–H and O–H groups in total. The standard InChI is InChI=1S/C15H19N4O2/c1-9-12(10(2)21-19-9)7-15(20)16-14-8-13(17-18-14)11-5-3-4-6-11/h3,8,11H,4-7H2,1-2H3,(H2,16,17,18,20)/t11-/m0/s1. The number of anilines is 1. The highest BCUT2D eigenvalue weighted by molar-refractivity contribution is 5.91. The molecule has 2 aromatic heterocycles. The van der Waals surface area contributed by atoms with Crippen LogP contribution >= 0.6 is 0 Å². The van der Waals surface area contributed by atoms with E-state index in [1.54, 1.807) is 0 Å². The van der Waals surface area contributed by atoms with E-state index in [-0.39, 0.29) is 12.3 Å². The van der Waals surface area contributed by atoms with Crippen molar-refractivity contribution in [2.24, 2.45) is 0 Å². The number of rotatable bonds is 4. The van der Waals surface area contributed by atoms with Crippen LogP contribution in [0, 0.1) is 20.3 Å². The first kappa shape index (κ1) is 13.9. The Balaban J connectivity index is 1.62. The fourth-order valence-corrected chi connectivity index (χ4v) is 2.75. The first-order chi connectivity index (χ1) is 10.1. The lowest BCUT2D eigenvalue weighted by molar-refractivity contribution is -0.115. The Labute approximate surface area is 123 Å². The van der Waals surface area contributed by atoms with Crippen LogP contribution in [0.1, 0.15) is 47.9 Å². The van der Waals surface area contributed by atoms with Gasteiger partial charge < -0.3 is 9.84 Å². The fourth-order valence-electron chi connectivity index (χ4n) is 2.75. The van der Waals surface area contributed by atoms with Crippen molar-refractivity contribution >= 4 is 11.7 Å². The average Bonchev–Trinajstić information content (AvgIpc) is 3.16. The monoisotopic (exact) mass is 287 g/mol. The van der Waals surface area contributed by atoms with Gasteiger partial charge in [-0.05, 0) is 39.5 Å². The number of carbonyl (C=O) groups is 1. The number of H-pyrrole nitrogens is 1. The highest BCUT2D eigenvalue weighted by Gasteiger charge is 2.20. The number of aromatic amines is 1. The molecule has 21 heavy (non-hydrogen) atoms. The molecular weight excluding hydrogens is 268 g/mol. The molecule has 0 aliphatic heterocycles. The number of aryl methyl sites for hydroxylation is 2. The second-order valence-electron chi connectivity index (χ2n) is 5.53. The van der Waals surface area contributed by atoms with E-state index in [0.29, 0.717) is 17.5 Å². The summed E-state index contributed by atoms with van der Waals surface area (Å²) in [6.45, 7) is 3.65. The van der Waals surface area contributed by atoms with Gasteiger partial charge in [-0.25, -0.2) is 0 Å². The zero-order valence-corrected chi connectivity index (χ0v) is 12.3. The Bertz CT molecular complexity index is 618. The predicted molar refractivity (Wildman–Crippen MR) is 77.8 cm³/mol. The second-order valence-corrected chi connectivity index (χ2v) is 5.53. The van der Waals surface area contributed by atoms with Gasteiger partial charge in [0, 0.05) is 23.2 Å². The van der Waals surface area contributed by atoms with E-state index < -0.39 is 0 Å². The third-order valence-corrected chi connectivity index (χ3v) is 3.99. The normalized spacial score (nSPS) is 15.5. The maximum atomic E-state index is 12.1. The summed E-state index contributed by atoms with van der Waals surface area (Å²) < 4.78 is 5.06. The predicted octanol–water partition coefficient (Wildman–Crippen LogP) is 2.67. The average molecular weight is 287 g/mol. The zero-order valence-electron chi connectivity index (χ0n) is 12.3. The van der Waals surface area contributed by atoms with Crippen LogP contribution in [-0.4, -0.2) is 21.3 Å². The topological polar surface area (TPSA) is 83.8 Å². The van der Waals surface area contributed by atoms with Crippen molar-refractivity contribution < 1.29 is 9.32 Å². The quantitative estimate of drug-likeness (QED) is 0.905. The molecule has 0 unspecified atom stereocenters. The Morgan fingerprint density at radius 2 is 2.38 bits per heavy atom. The van der Waals surface area contributed by atoms with Gasteiger partial charge in [-0.2, -0.15) is 5.10 Å². The highest BCUT2D eigenvalue weighted by atomic mass is 16.5. The summed E-state index contributed by atoms with van der Waals surface area (Å²) in [6.07, 6.45) is 5.92. The molecule has 0 bridgehead atoms. The molecule has 0 saturated heterocycles. The third-order valence-electron chi connectivity index (χ3n) is 3.99. The lowest BCUT2D eigenvalue weighted by Gasteiger charge is -2.03. The van der Waals surface area contributed by atoms with E-state index in [4.69, 9.17) is 4.52 Å². The first-order valence-electron chi connectivity index (χ1n) is 7.22. The largest absolute Gasteiger partial charge is 0.361 e. The Morgan fingerprint density at radius 1 is 1.52 bits per heavy atom. The van der Waals surface area contributed by atoms with Gasteiger partial charge in [-0.1, -0.05) is 5.16 Å². The van der Waals surface area contributed by atoms with Gasteiger partial charge >= 0.3 is 0 Å². The molecule has 1 radical (unpaired) electrons. The van der Waals surface area contributed by atoms with Crippen molar-refractivity contribution in [3.05, 3.63) is 35.2 Å². The molecule has 111 valence electrons. The molecule has 2 aromatic rings. The first-order valence-corrected chi connectivity index (χ1v) is 7.22. The SMILES string of the molecule is Cc1noc(C)c1CC(=O)Nc1cc([C@H]2C[CH]CC2)[nH]n1. The minimum absolute atomic E-state index is 0.111. The number of nitrogens with zero attached hydrogens (tertiary/aromatic N) is 2. The molecule has 2 heterocycles. The molecule has 1 saturated carbocycles. The third kappa shape index (κ3) is 2.99. The molecule has 1 atom stereocenters. The molecule has 1 fully saturated rings. The van der Waals surface area contributed by atoms with Gasteiger partial charge in [-0.15, -0.1) is 0 Å². The Kier molecular flexibility index (Phi) is 3.77. The summed E-state index contributed by atoms with van der Waals surface area (Å²) in [6, 6.07) is 1.93. The molecule has 0 spiro atoms. The number of amides is 1. The van der Waals surface area contributed by atoms with E-state index in [2.05, 4.69) is 27.1 Å². The van der Waals surface area contributed by atoms with Crippen LogP contribution in [0.5, 0.6) is 0 Å². The van der Waals surface area contributed by atoms with E-state index in [1.807, 2.05) is 19.9 Å². The van der Waals surface area contributed by atoms with Crippen molar-refractivity contribution in [1.82, 2.24) is 15.4 Å². The molecule has 1 aliphatic rings. The van der Waals surface area contributed by atoms with Crippen LogP contribution in [0.2, 0.25) is 0 Å². The Morgan fingerprint density at radius 3 is 3.05 bits per heavy atom. The molecule has 1 amide bonds. The van der Waals surface area contributed by atoms with E-state index >= 15 is 0 Å². The van der Waals surface area contributed by atoms with Crippen molar-refractivity contribution in [3.63, 3.8) is 0 Å². The van der Waals surface area contributed by atoms with Gasteiger partial charge in [0.05, 0.1) is 12.1 Å². The summed E-state index contributed by atoms with van der Waals surface area (Å²) in [5.74, 6) is 1.66. The van der Waals surface area contributed by atoms with Crippen LogP contribution in [0.15, 0.2) is 10.6 Å². The molecule has 0 aromatic carbocycles. The lowest BCUT2D eigenvalue weighted by atomic mass is 10.0. The molecule has 6 nitrogen and oxygen atoms in total. The van der Waals surface area contributed by atoms with E-state index in [0.717, 1.165) is 36.2 Å². The summed E-state index contributed by atoms with van der Waals surface area (Å²) in [7, 11) is 0. The summed E-state index contributed by atoms with van der Waals surface area (Å²) in [5.41, 5.74) is 2.69. The Hall–Kier alpha value is -2.11. The van der Waals surface area contributed by atoms with Crippen molar-refractivity contribution in [2.75, 3.05) is 5.32 Å². The maximum Gasteiger partial charge on any atom is 0.230 e. The number of carbonyl (C=O) groups excluding carboxylic acids is 1. The van der Waals surface area contributed by atoms with E-state index in [1.165, 1.54) is 0 Å². The number of hydrogen-bond acceptors (Lipinski definition) is 4. The minimum Gasteiger partial charge on any atom is -0.361 e. The fraction of sp³-hybridized carbons (Fsp3) is 0.467. The van der Waals surface area contributed by atoms with Gasteiger partial charge in [0.2, 0.25) is 5.91 Å². The van der Waals surface area contributed by atoms with Gasteiger partial charge in [0.1, 0.15) is 5.76 Å². The number of nitrogens with one attached hydrogen (secondary N) is 2. The van der Waals surface area contributed by atoms with Crippen molar-refractivity contribution in [3.8, 4) is 0 Å². The van der Waals surface area contributed by atoms with Crippen LogP contribution in [-0.2, 0) is 11.2 Å². The van der Waals surface area contributed by atoms with Crippen LogP contribution in [0.4, 0.5) is 5.82 Å². The van der Waals surface area contributed by atoms with Crippen molar-refractivity contribution in [1.29, 1.82) is 0 Å². The molecular formula is C15H19N4O2. The van der Waals surface area contributed by atoms with Crippen LogP contribution < -0.4 is 5.32 Å². The molecule has 6 heteroatoms. The highest BCUT2D eigenvalue weighted by Crippen LogP contribution is 2.33. The summed E-state index contributed by atoms with van der Waals surface area (Å²) in [5, 5.41) is 13.9.